The van der Waals surface area contributed by atoms with Crippen molar-refractivity contribution >= 4 is 5.78 Å². The highest BCUT2D eigenvalue weighted by Gasteiger charge is 2.73. The molecule has 2 N–H and O–H groups in total. The lowest BCUT2D eigenvalue weighted by atomic mass is 9.66. The first-order valence-corrected chi connectivity index (χ1v) is 9.67. The van der Waals surface area contributed by atoms with E-state index in [0.717, 1.165) is 11.3 Å². The molecule has 1 aliphatic carbocycles. The van der Waals surface area contributed by atoms with Gasteiger partial charge < -0.3 is 14.8 Å². The minimum atomic E-state index is -1.57. The molecule has 1 saturated carbocycles. The Bertz CT molecular complexity index is 1000. The fraction of sp³-hybridized carbons (Fsp3) is 0.292. The molecule has 1 aliphatic heterocycles. The fourth-order valence-electron chi connectivity index (χ4n) is 5.44. The molecule has 2 aliphatic rings. The molecular formula is C24H23NO3. The van der Waals surface area contributed by atoms with Crippen LogP contribution >= 0.6 is 0 Å². The SMILES string of the molecule is C[C@@]12CN[C@@H](c3ccco3)[C@@](c3ccccc3)(C1)C(=O)[C@]2(O)c1ccccc1. The molecule has 0 radical (unpaired) electrons. The smallest absolute Gasteiger partial charge is 0.182 e. The number of aliphatic hydroxyl groups is 1. The van der Waals surface area contributed by atoms with Crippen molar-refractivity contribution in [2.24, 2.45) is 5.41 Å². The topological polar surface area (TPSA) is 62.5 Å². The summed E-state index contributed by atoms with van der Waals surface area (Å²) in [7, 11) is 0. The number of hydrogen-bond donors (Lipinski definition) is 2. The van der Waals surface area contributed by atoms with E-state index in [1.165, 1.54) is 0 Å². The standard InChI is InChI=1S/C24H23NO3/c1-22-15-23(17-9-4-2-5-10-17,20(25-16-22)19-13-8-14-28-19)21(26)24(22,27)18-11-6-3-7-12-18/h2-14,20,25,27H,15-16H2,1H3/t20-,22-,23-,24+/m0/s1. The van der Waals surface area contributed by atoms with Crippen molar-refractivity contribution in [3.05, 3.63) is 95.9 Å². The molecule has 2 bridgehead atoms. The van der Waals surface area contributed by atoms with Crippen molar-refractivity contribution in [2.75, 3.05) is 6.54 Å². The summed E-state index contributed by atoms with van der Waals surface area (Å²) in [5.41, 5.74) is -1.55. The van der Waals surface area contributed by atoms with Crippen LogP contribution in [0, 0.1) is 5.41 Å². The lowest BCUT2D eigenvalue weighted by Gasteiger charge is -2.43. The van der Waals surface area contributed by atoms with Crippen LogP contribution in [0.3, 0.4) is 0 Å². The zero-order valence-electron chi connectivity index (χ0n) is 15.8. The Hall–Kier alpha value is -2.69. The van der Waals surface area contributed by atoms with Crippen LogP contribution in [-0.4, -0.2) is 17.4 Å². The Morgan fingerprint density at radius 3 is 2.21 bits per heavy atom. The maximum absolute atomic E-state index is 14.2. The number of ketones is 1. The molecule has 1 aromatic heterocycles. The van der Waals surface area contributed by atoms with E-state index in [1.807, 2.05) is 79.7 Å². The Morgan fingerprint density at radius 1 is 0.964 bits per heavy atom. The van der Waals surface area contributed by atoms with Crippen LogP contribution in [0.25, 0.3) is 0 Å². The third kappa shape index (κ3) is 2.05. The van der Waals surface area contributed by atoms with Crippen molar-refractivity contribution in [3.8, 4) is 0 Å². The number of furan rings is 1. The molecule has 5 rings (SSSR count). The molecule has 142 valence electrons. The summed E-state index contributed by atoms with van der Waals surface area (Å²) in [5.74, 6) is 0.558. The Morgan fingerprint density at radius 2 is 1.61 bits per heavy atom. The molecule has 4 heteroatoms. The minimum absolute atomic E-state index is 0.161. The van der Waals surface area contributed by atoms with Crippen molar-refractivity contribution in [1.29, 1.82) is 0 Å². The Balaban J connectivity index is 1.77. The summed E-state index contributed by atoms with van der Waals surface area (Å²) >= 11 is 0. The summed E-state index contributed by atoms with van der Waals surface area (Å²) in [6.07, 6.45) is 2.18. The first-order valence-electron chi connectivity index (χ1n) is 9.67. The third-order valence-corrected chi connectivity index (χ3v) is 6.77. The van der Waals surface area contributed by atoms with Crippen LogP contribution in [0.5, 0.6) is 0 Å². The second-order valence-corrected chi connectivity index (χ2v) is 8.31. The predicted octanol–water partition coefficient (Wildman–Crippen LogP) is 3.73. The predicted molar refractivity (Wildman–Crippen MR) is 106 cm³/mol. The number of rotatable bonds is 3. The first-order chi connectivity index (χ1) is 13.5. The number of nitrogens with one attached hydrogen (secondary N) is 1. The van der Waals surface area contributed by atoms with Gasteiger partial charge in [-0.05, 0) is 29.7 Å². The maximum Gasteiger partial charge on any atom is 0.182 e. The van der Waals surface area contributed by atoms with Gasteiger partial charge in [0.15, 0.2) is 11.4 Å². The monoisotopic (exact) mass is 373 g/mol. The number of piperidine rings is 1. The van der Waals surface area contributed by atoms with Crippen LogP contribution in [0.4, 0.5) is 0 Å². The average Bonchev–Trinajstić information content (AvgIpc) is 3.31. The zero-order chi connectivity index (χ0) is 19.4. The van der Waals surface area contributed by atoms with Gasteiger partial charge in [0.2, 0.25) is 0 Å². The van der Waals surface area contributed by atoms with Gasteiger partial charge in [0, 0.05) is 12.0 Å². The van der Waals surface area contributed by atoms with E-state index in [4.69, 9.17) is 4.42 Å². The van der Waals surface area contributed by atoms with E-state index in [0.29, 0.717) is 18.5 Å². The molecule has 3 aromatic rings. The van der Waals surface area contributed by atoms with Crippen molar-refractivity contribution < 1.29 is 14.3 Å². The molecule has 2 aromatic carbocycles. The van der Waals surface area contributed by atoms with Crippen LogP contribution < -0.4 is 5.32 Å². The average molecular weight is 373 g/mol. The van der Waals surface area contributed by atoms with Gasteiger partial charge in [-0.15, -0.1) is 0 Å². The Kier molecular flexibility index (Phi) is 3.67. The normalized spacial score (nSPS) is 34.5. The maximum atomic E-state index is 14.2. The number of hydrogen-bond acceptors (Lipinski definition) is 4. The second-order valence-electron chi connectivity index (χ2n) is 8.31. The van der Waals surface area contributed by atoms with Gasteiger partial charge in [0.05, 0.1) is 17.7 Å². The molecule has 0 amide bonds. The number of Topliss-reactive ketones (excluding diaryl/α,β-unsaturated/α-hetero) is 1. The first kappa shape index (κ1) is 17.4. The van der Waals surface area contributed by atoms with E-state index >= 15 is 0 Å². The van der Waals surface area contributed by atoms with Crippen LogP contribution in [0.1, 0.15) is 36.3 Å². The molecule has 28 heavy (non-hydrogen) atoms. The highest BCUT2D eigenvalue weighted by molar-refractivity contribution is 6.02. The van der Waals surface area contributed by atoms with E-state index in [2.05, 4.69) is 5.32 Å². The lowest BCUT2D eigenvalue weighted by Crippen LogP contribution is -2.51. The molecule has 1 saturated heterocycles. The van der Waals surface area contributed by atoms with Gasteiger partial charge in [0.1, 0.15) is 5.76 Å². The second kappa shape index (κ2) is 5.90. The van der Waals surface area contributed by atoms with Crippen LogP contribution in [-0.2, 0) is 15.8 Å². The molecule has 0 spiro atoms. The minimum Gasteiger partial charge on any atom is -0.468 e. The summed E-state index contributed by atoms with van der Waals surface area (Å²) < 4.78 is 5.73. The van der Waals surface area contributed by atoms with E-state index in [1.54, 1.807) is 6.26 Å². The molecule has 0 unspecified atom stereocenters. The van der Waals surface area contributed by atoms with Gasteiger partial charge in [0.25, 0.3) is 0 Å². The summed E-state index contributed by atoms with van der Waals surface area (Å²) in [6, 6.07) is 22.6. The van der Waals surface area contributed by atoms with Gasteiger partial charge in [-0.1, -0.05) is 67.6 Å². The lowest BCUT2D eigenvalue weighted by molar-refractivity contribution is -0.145. The van der Waals surface area contributed by atoms with Gasteiger partial charge in [-0.25, -0.2) is 0 Å². The highest BCUT2D eigenvalue weighted by atomic mass is 16.3. The zero-order valence-corrected chi connectivity index (χ0v) is 15.8. The van der Waals surface area contributed by atoms with E-state index in [-0.39, 0.29) is 11.8 Å². The number of carbonyl (C=O) groups is 1. The number of benzene rings is 2. The molecular weight excluding hydrogens is 350 g/mol. The molecule has 2 fully saturated rings. The van der Waals surface area contributed by atoms with Crippen molar-refractivity contribution in [2.45, 2.75) is 30.4 Å². The molecule has 4 nitrogen and oxygen atoms in total. The van der Waals surface area contributed by atoms with E-state index in [9.17, 15) is 9.90 Å². The van der Waals surface area contributed by atoms with Crippen molar-refractivity contribution in [1.82, 2.24) is 5.32 Å². The largest absolute Gasteiger partial charge is 0.468 e. The summed E-state index contributed by atoms with van der Waals surface area (Å²) in [5, 5.41) is 15.5. The fourth-order valence-corrected chi connectivity index (χ4v) is 5.44. The summed E-state index contributed by atoms with van der Waals surface area (Å²) in [6.45, 7) is 2.53. The summed E-state index contributed by atoms with van der Waals surface area (Å²) in [4.78, 5) is 14.2. The number of carbonyl (C=O) groups excluding carboxylic acids is 1. The van der Waals surface area contributed by atoms with E-state index < -0.39 is 16.4 Å². The van der Waals surface area contributed by atoms with Crippen LogP contribution in [0.2, 0.25) is 0 Å². The quantitative estimate of drug-likeness (QED) is 0.734. The van der Waals surface area contributed by atoms with Gasteiger partial charge in [-0.3, -0.25) is 4.79 Å². The van der Waals surface area contributed by atoms with Gasteiger partial charge in [-0.2, -0.15) is 0 Å². The highest BCUT2D eigenvalue weighted by Crippen LogP contribution is 2.64. The van der Waals surface area contributed by atoms with Crippen LogP contribution in [0.15, 0.2) is 83.5 Å². The molecule has 4 atom stereocenters. The molecule has 2 heterocycles. The van der Waals surface area contributed by atoms with Crippen molar-refractivity contribution in [3.63, 3.8) is 0 Å². The third-order valence-electron chi connectivity index (χ3n) is 6.77. The van der Waals surface area contributed by atoms with Gasteiger partial charge >= 0.3 is 0 Å². The Labute approximate surface area is 164 Å². The number of fused-ring (bicyclic) bond motifs is 2.